The number of ether oxygens (including phenoxy) is 1. The molecule has 0 aliphatic carbocycles. The van der Waals surface area contributed by atoms with Gasteiger partial charge in [0.25, 0.3) is 0 Å². The standard InChI is InChI=1S/C15H25NO/c1-11(2)17-7-6-16-10-15-9-13(4)12(3)8-14(15)5/h8-9,11,16H,6-7,10H2,1-5H3. The minimum absolute atomic E-state index is 0.320. The normalized spacial score (nSPS) is 11.2. The van der Waals surface area contributed by atoms with Gasteiger partial charge < -0.3 is 10.1 Å². The lowest BCUT2D eigenvalue weighted by atomic mass is 10.0. The second-order valence-corrected chi connectivity index (χ2v) is 4.96. The highest BCUT2D eigenvalue weighted by Gasteiger charge is 2.01. The summed E-state index contributed by atoms with van der Waals surface area (Å²) in [5.74, 6) is 0. The second kappa shape index (κ2) is 6.77. The summed E-state index contributed by atoms with van der Waals surface area (Å²) in [6.45, 7) is 13.2. The van der Waals surface area contributed by atoms with Crippen LogP contribution in [-0.2, 0) is 11.3 Å². The molecule has 1 rings (SSSR count). The zero-order valence-corrected chi connectivity index (χ0v) is 11.8. The maximum absolute atomic E-state index is 5.49. The Bertz CT molecular complexity index is 358. The largest absolute Gasteiger partial charge is 0.377 e. The molecular weight excluding hydrogens is 210 g/mol. The van der Waals surface area contributed by atoms with Gasteiger partial charge in [0.2, 0.25) is 0 Å². The fourth-order valence-corrected chi connectivity index (χ4v) is 1.80. The molecule has 0 amide bonds. The van der Waals surface area contributed by atoms with Crippen molar-refractivity contribution < 1.29 is 4.74 Å². The molecule has 0 heterocycles. The van der Waals surface area contributed by atoms with E-state index in [-0.39, 0.29) is 0 Å². The van der Waals surface area contributed by atoms with Crippen LogP contribution in [0.25, 0.3) is 0 Å². The summed E-state index contributed by atoms with van der Waals surface area (Å²) < 4.78 is 5.49. The van der Waals surface area contributed by atoms with Crippen LogP contribution in [0.15, 0.2) is 12.1 Å². The minimum Gasteiger partial charge on any atom is -0.377 e. The first-order chi connectivity index (χ1) is 8.00. The maximum atomic E-state index is 5.49. The van der Waals surface area contributed by atoms with Crippen molar-refractivity contribution in [3.8, 4) is 0 Å². The van der Waals surface area contributed by atoms with Gasteiger partial charge in [-0.2, -0.15) is 0 Å². The monoisotopic (exact) mass is 235 g/mol. The van der Waals surface area contributed by atoms with Crippen molar-refractivity contribution in [2.24, 2.45) is 0 Å². The van der Waals surface area contributed by atoms with E-state index in [0.717, 1.165) is 19.7 Å². The SMILES string of the molecule is Cc1cc(C)c(CNCCOC(C)C)cc1C. The number of benzene rings is 1. The molecule has 1 aromatic carbocycles. The van der Waals surface area contributed by atoms with Crippen molar-refractivity contribution in [3.63, 3.8) is 0 Å². The van der Waals surface area contributed by atoms with Crippen molar-refractivity contribution in [1.29, 1.82) is 0 Å². The Labute approximate surface area is 105 Å². The summed E-state index contributed by atoms with van der Waals surface area (Å²) in [5, 5.41) is 3.42. The predicted octanol–water partition coefficient (Wildman–Crippen LogP) is 3.13. The lowest BCUT2D eigenvalue weighted by molar-refractivity contribution is 0.0807. The summed E-state index contributed by atoms with van der Waals surface area (Å²) in [5.41, 5.74) is 5.49. The summed E-state index contributed by atoms with van der Waals surface area (Å²) in [7, 11) is 0. The molecule has 96 valence electrons. The van der Waals surface area contributed by atoms with Gasteiger partial charge >= 0.3 is 0 Å². The molecular formula is C15H25NO. The number of hydrogen-bond acceptors (Lipinski definition) is 2. The summed E-state index contributed by atoms with van der Waals surface area (Å²) in [4.78, 5) is 0. The summed E-state index contributed by atoms with van der Waals surface area (Å²) in [6.07, 6.45) is 0.320. The zero-order chi connectivity index (χ0) is 12.8. The molecule has 0 spiro atoms. The highest BCUT2D eigenvalue weighted by molar-refractivity contribution is 5.36. The van der Waals surface area contributed by atoms with Crippen molar-refractivity contribution in [3.05, 3.63) is 34.4 Å². The molecule has 1 N–H and O–H groups in total. The molecule has 0 radical (unpaired) electrons. The Hall–Kier alpha value is -0.860. The van der Waals surface area contributed by atoms with Gasteiger partial charge in [0.05, 0.1) is 12.7 Å². The van der Waals surface area contributed by atoms with E-state index in [0.29, 0.717) is 6.10 Å². The molecule has 2 nitrogen and oxygen atoms in total. The van der Waals surface area contributed by atoms with Gasteiger partial charge in [0.1, 0.15) is 0 Å². The van der Waals surface area contributed by atoms with E-state index in [2.05, 4.69) is 52.1 Å². The van der Waals surface area contributed by atoms with Crippen LogP contribution >= 0.6 is 0 Å². The van der Waals surface area contributed by atoms with Crippen molar-refractivity contribution >= 4 is 0 Å². The van der Waals surface area contributed by atoms with Crippen molar-refractivity contribution in [2.45, 2.75) is 47.3 Å². The first-order valence-electron chi connectivity index (χ1n) is 6.39. The van der Waals surface area contributed by atoms with E-state index in [1.54, 1.807) is 0 Å². The number of rotatable bonds is 6. The van der Waals surface area contributed by atoms with E-state index in [4.69, 9.17) is 4.74 Å². The highest BCUT2D eigenvalue weighted by Crippen LogP contribution is 2.14. The van der Waals surface area contributed by atoms with E-state index in [1.165, 1.54) is 22.3 Å². The Morgan fingerprint density at radius 2 is 1.71 bits per heavy atom. The minimum atomic E-state index is 0.320. The molecule has 0 bridgehead atoms. The Kier molecular flexibility index (Phi) is 5.66. The van der Waals surface area contributed by atoms with Gasteiger partial charge in [0.15, 0.2) is 0 Å². The molecule has 0 atom stereocenters. The molecule has 0 aliphatic rings. The fraction of sp³-hybridized carbons (Fsp3) is 0.600. The number of nitrogens with one attached hydrogen (secondary N) is 1. The van der Waals surface area contributed by atoms with E-state index in [9.17, 15) is 0 Å². The highest BCUT2D eigenvalue weighted by atomic mass is 16.5. The molecule has 0 aromatic heterocycles. The van der Waals surface area contributed by atoms with Crippen LogP contribution in [0.4, 0.5) is 0 Å². The molecule has 2 heteroatoms. The zero-order valence-electron chi connectivity index (χ0n) is 11.8. The first kappa shape index (κ1) is 14.2. The summed E-state index contributed by atoms with van der Waals surface area (Å²) >= 11 is 0. The third-order valence-corrected chi connectivity index (χ3v) is 3.00. The van der Waals surface area contributed by atoms with E-state index < -0.39 is 0 Å². The van der Waals surface area contributed by atoms with Crippen LogP contribution in [0, 0.1) is 20.8 Å². The fourth-order valence-electron chi connectivity index (χ4n) is 1.80. The van der Waals surface area contributed by atoms with Crippen LogP contribution in [0.2, 0.25) is 0 Å². The number of aryl methyl sites for hydroxylation is 3. The quantitative estimate of drug-likeness (QED) is 0.765. The molecule has 0 aliphatic heterocycles. The molecule has 0 fully saturated rings. The van der Waals surface area contributed by atoms with Gasteiger partial charge in [-0.05, 0) is 56.9 Å². The van der Waals surface area contributed by atoms with Crippen LogP contribution in [0.3, 0.4) is 0 Å². The van der Waals surface area contributed by atoms with Gasteiger partial charge in [-0.1, -0.05) is 12.1 Å². The van der Waals surface area contributed by atoms with Gasteiger partial charge in [-0.15, -0.1) is 0 Å². The molecule has 0 unspecified atom stereocenters. The lowest BCUT2D eigenvalue weighted by Crippen LogP contribution is -2.21. The average Bonchev–Trinajstić information content (AvgIpc) is 2.24. The molecule has 17 heavy (non-hydrogen) atoms. The molecule has 0 saturated carbocycles. The lowest BCUT2D eigenvalue weighted by Gasteiger charge is -2.12. The first-order valence-corrected chi connectivity index (χ1v) is 6.39. The van der Waals surface area contributed by atoms with Gasteiger partial charge in [-0.25, -0.2) is 0 Å². The smallest absolute Gasteiger partial charge is 0.0594 e. The molecule has 1 aromatic rings. The van der Waals surface area contributed by atoms with Crippen molar-refractivity contribution in [2.75, 3.05) is 13.2 Å². The van der Waals surface area contributed by atoms with Gasteiger partial charge in [0, 0.05) is 13.1 Å². The second-order valence-electron chi connectivity index (χ2n) is 4.96. The molecule has 0 saturated heterocycles. The Morgan fingerprint density at radius 1 is 1.06 bits per heavy atom. The Morgan fingerprint density at radius 3 is 2.35 bits per heavy atom. The topological polar surface area (TPSA) is 21.3 Å². The van der Waals surface area contributed by atoms with E-state index in [1.807, 2.05) is 0 Å². The summed E-state index contributed by atoms with van der Waals surface area (Å²) in [6, 6.07) is 4.54. The third kappa shape index (κ3) is 4.88. The van der Waals surface area contributed by atoms with Gasteiger partial charge in [-0.3, -0.25) is 0 Å². The Balaban J connectivity index is 2.39. The number of hydrogen-bond donors (Lipinski definition) is 1. The third-order valence-electron chi connectivity index (χ3n) is 3.00. The van der Waals surface area contributed by atoms with Crippen LogP contribution in [-0.4, -0.2) is 19.3 Å². The maximum Gasteiger partial charge on any atom is 0.0594 e. The van der Waals surface area contributed by atoms with Crippen LogP contribution < -0.4 is 5.32 Å². The van der Waals surface area contributed by atoms with E-state index >= 15 is 0 Å². The van der Waals surface area contributed by atoms with Crippen LogP contribution in [0.5, 0.6) is 0 Å². The van der Waals surface area contributed by atoms with Crippen molar-refractivity contribution in [1.82, 2.24) is 5.32 Å². The predicted molar refractivity (Wildman–Crippen MR) is 73.4 cm³/mol. The average molecular weight is 235 g/mol. The van der Waals surface area contributed by atoms with Crippen LogP contribution in [0.1, 0.15) is 36.1 Å².